The fourth-order valence-electron chi connectivity index (χ4n) is 1.72. The van der Waals surface area contributed by atoms with Crippen LogP contribution in [0, 0.1) is 6.92 Å². The number of methoxy groups -OCH3 is 1. The fourth-order valence-corrected chi connectivity index (χ4v) is 2.37. The Morgan fingerprint density at radius 2 is 2.29 bits per heavy atom. The number of ether oxygens (including phenoxy) is 1. The number of aryl methyl sites for hydroxylation is 1. The van der Waals surface area contributed by atoms with Crippen molar-refractivity contribution in [1.29, 1.82) is 0 Å². The van der Waals surface area contributed by atoms with E-state index in [1.165, 1.54) is 18.4 Å². The first kappa shape index (κ1) is 15.2. The molecule has 0 unspecified atom stereocenters. The third-order valence-corrected chi connectivity index (χ3v) is 3.69. The maximum Gasteiger partial charge on any atom is 0.307 e. The van der Waals surface area contributed by atoms with Crippen LogP contribution in [0.15, 0.2) is 21.9 Å². The highest BCUT2D eigenvalue weighted by Crippen LogP contribution is 2.25. The second-order valence-electron chi connectivity index (χ2n) is 4.35. The average molecular weight is 308 g/mol. The van der Waals surface area contributed by atoms with Crippen LogP contribution in [-0.4, -0.2) is 30.5 Å². The second-order valence-corrected chi connectivity index (χ2v) is 5.30. The lowest BCUT2D eigenvalue weighted by atomic mass is 10.2. The first-order valence-corrected chi connectivity index (χ1v) is 7.32. The summed E-state index contributed by atoms with van der Waals surface area (Å²) in [4.78, 5) is 28.0. The van der Waals surface area contributed by atoms with Gasteiger partial charge in [0.15, 0.2) is 0 Å². The molecule has 0 spiro atoms. The Morgan fingerprint density at radius 1 is 1.48 bits per heavy atom. The van der Waals surface area contributed by atoms with E-state index in [-0.39, 0.29) is 31.3 Å². The molecule has 6 nitrogen and oxygen atoms in total. The lowest BCUT2D eigenvalue weighted by Gasteiger charge is -2.02. The number of amides is 1. The van der Waals surface area contributed by atoms with Crippen LogP contribution in [0.3, 0.4) is 0 Å². The molecule has 0 aliphatic rings. The lowest BCUT2D eigenvalue weighted by Crippen LogP contribution is -2.28. The molecule has 0 aliphatic heterocycles. The van der Waals surface area contributed by atoms with Gasteiger partial charge in [0.2, 0.25) is 11.8 Å². The normalized spacial score (nSPS) is 10.4. The Balaban J connectivity index is 1.91. The molecule has 0 aromatic carbocycles. The molecule has 112 valence electrons. The Hall–Kier alpha value is -2.15. The van der Waals surface area contributed by atoms with Gasteiger partial charge in [0, 0.05) is 6.54 Å². The number of carbonyl (C=O) groups excluding carboxylic acids is 2. The Bertz CT molecular complexity index is 619. The summed E-state index contributed by atoms with van der Waals surface area (Å²) in [5, 5.41) is 4.59. The summed E-state index contributed by atoms with van der Waals surface area (Å²) in [6.07, 6.45) is 0.280. The molecule has 2 rings (SSSR count). The minimum Gasteiger partial charge on any atom is -0.469 e. The third-order valence-electron chi connectivity index (χ3n) is 2.83. The number of carbonyl (C=O) groups is 2. The van der Waals surface area contributed by atoms with Gasteiger partial charge < -0.3 is 14.5 Å². The topological polar surface area (TPSA) is 81.4 Å². The first-order valence-electron chi connectivity index (χ1n) is 6.44. The molecule has 0 bridgehead atoms. The Labute approximate surface area is 126 Å². The van der Waals surface area contributed by atoms with Gasteiger partial charge in [0.25, 0.3) is 0 Å². The number of hydrogen-bond donors (Lipinski definition) is 1. The summed E-state index contributed by atoms with van der Waals surface area (Å²) in [5.74, 6) is 0.599. The minimum atomic E-state index is -0.354. The lowest BCUT2D eigenvalue weighted by molar-refractivity contribution is -0.140. The van der Waals surface area contributed by atoms with Crippen molar-refractivity contribution in [2.45, 2.75) is 19.8 Å². The van der Waals surface area contributed by atoms with Gasteiger partial charge in [0.1, 0.15) is 5.76 Å². The van der Waals surface area contributed by atoms with Crippen LogP contribution in [0.2, 0.25) is 0 Å². The van der Waals surface area contributed by atoms with Crippen molar-refractivity contribution < 1.29 is 18.7 Å². The number of esters is 1. The fraction of sp³-hybridized carbons (Fsp3) is 0.357. The van der Waals surface area contributed by atoms with E-state index in [2.05, 4.69) is 15.0 Å². The first-order chi connectivity index (χ1) is 10.1. The molecular weight excluding hydrogens is 292 g/mol. The van der Waals surface area contributed by atoms with E-state index in [4.69, 9.17) is 4.42 Å². The summed E-state index contributed by atoms with van der Waals surface area (Å²) in [6.45, 7) is 2.03. The summed E-state index contributed by atoms with van der Waals surface area (Å²) in [7, 11) is 1.31. The molecular formula is C14H16N2O4S. The van der Waals surface area contributed by atoms with Crippen LogP contribution in [-0.2, 0) is 20.7 Å². The average Bonchev–Trinajstić information content (AvgIpc) is 3.09. The molecule has 2 heterocycles. The Morgan fingerprint density at radius 3 is 2.95 bits per heavy atom. The third kappa shape index (κ3) is 4.16. The van der Waals surface area contributed by atoms with Gasteiger partial charge in [-0.3, -0.25) is 9.59 Å². The van der Waals surface area contributed by atoms with E-state index in [0.29, 0.717) is 17.3 Å². The number of rotatable bonds is 6. The van der Waals surface area contributed by atoms with Gasteiger partial charge in [-0.2, -0.15) is 0 Å². The SMILES string of the molecule is COC(=O)CCNC(=O)Cc1nc(-c2cccs2)oc1C. The summed E-state index contributed by atoms with van der Waals surface area (Å²) < 4.78 is 10.1. The summed E-state index contributed by atoms with van der Waals surface area (Å²) in [5.41, 5.74) is 0.606. The van der Waals surface area contributed by atoms with Gasteiger partial charge in [-0.05, 0) is 18.4 Å². The number of oxazole rings is 1. The van der Waals surface area contributed by atoms with Gasteiger partial charge >= 0.3 is 5.97 Å². The van der Waals surface area contributed by atoms with E-state index < -0.39 is 0 Å². The predicted octanol–water partition coefficient (Wildman–Crippen LogP) is 1.93. The van der Waals surface area contributed by atoms with Crippen molar-refractivity contribution in [1.82, 2.24) is 10.3 Å². The summed E-state index contributed by atoms with van der Waals surface area (Å²) >= 11 is 1.53. The van der Waals surface area contributed by atoms with Crippen molar-refractivity contribution in [3.8, 4) is 10.8 Å². The van der Waals surface area contributed by atoms with Crippen LogP contribution >= 0.6 is 11.3 Å². The van der Waals surface area contributed by atoms with Crippen LogP contribution in [0.4, 0.5) is 0 Å². The van der Waals surface area contributed by atoms with Gasteiger partial charge in [-0.15, -0.1) is 11.3 Å². The number of nitrogens with one attached hydrogen (secondary N) is 1. The van der Waals surface area contributed by atoms with Crippen LogP contribution in [0.25, 0.3) is 10.8 Å². The standard InChI is InChI=1S/C14H16N2O4S/c1-9-10(8-12(17)15-6-5-13(18)19-2)16-14(20-9)11-4-3-7-21-11/h3-4,7H,5-6,8H2,1-2H3,(H,15,17). The van der Waals surface area contributed by atoms with Crippen LogP contribution in [0.5, 0.6) is 0 Å². The molecule has 0 aliphatic carbocycles. The molecule has 0 atom stereocenters. The second kappa shape index (κ2) is 7.03. The smallest absolute Gasteiger partial charge is 0.307 e. The molecule has 2 aromatic heterocycles. The molecule has 1 amide bonds. The molecule has 0 fully saturated rings. The van der Waals surface area contributed by atoms with E-state index in [9.17, 15) is 9.59 Å². The van der Waals surface area contributed by atoms with E-state index in [1.807, 2.05) is 17.5 Å². The molecule has 1 N–H and O–H groups in total. The maximum absolute atomic E-state index is 11.8. The van der Waals surface area contributed by atoms with Crippen molar-refractivity contribution in [2.75, 3.05) is 13.7 Å². The van der Waals surface area contributed by atoms with Crippen LogP contribution < -0.4 is 5.32 Å². The van der Waals surface area contributed by atoms with Crippen molar-refractivity contribution in [2.24, 2.45) is 0 Å². The van der Waals surface area contributed by atoms with Crippen molar-refractivity contribution in [3.05, 3.63) is 29.0 Å². The number of nitrogens with zero attached hydrogens (tertiary/aromatic N) is 1. The van der Waals surface area contributed by atoms with Crippen molar-refractivity contribution >= 4 is 23.2 Å². The van der Waals surface area contributed by atoms with Gasteiger partial charge in [-0.1, -0.05) is 6.07 Å². The molecule has 2 aromatic rings. The van der Waals surface area contributed by atoms with Crippen molar-refractivity contribution in [3.63, 3.8) is 0 Å². The van der Waals surface area contributed by atoms with E-state index in [1.54, 1.807) is 6.92 Å². The molecule has 0 saturated heterocycles. The zero-order chi connectivity index (χ0) is 15.2. The largest absolute Gasteiger partial charge is 0.469 e. The van der Waals surface area contributed by atoms with Crippen LogP contribution in [0.1, 0.15) is 17.9 Å². The molecule has 7 heteroatoms. The highest BCUT2D eigenvalue weighted by atomic mass is 32.1. The number of hydrogen-bond acceptors (Lipinski definition) is 6. The highest BCUT2D eigenvalue weighted by Gasteiger charge is 2.15. The molecule has 0 radical (unpaired) electrons. The zero-order valence-electron chi connectivity index (χ0n) is 11.8. The highest BCUT2D eigenvalue weighted by molar-refractivity contribution is 7.13. The quantitative estimate of drug-likeness (QED) is 0.825. The maximum atomic E-state index is 11.8. The Kier molecular flexibility index (Phi) is 5.10. The van der Waals surface area contributed by atoms with Gasteiger partial charge in [0.05, 0.1) is 30.5 Å². The predicted molar refractivity (Wildman–Crippen MR) is 77.9 cm³/mol. The van der Waals surface area contributed by atoms with E-state index >= 15 is 0 Å². The number of aromatic nitrogens is 1. The zero-order valence-corrected chi connectivity index (χ0v) is 12.7. The van der Waals surface area contributed by atoms with Gasteiger partial charge in [-0.25, -0.2) is 4.98 Å². The number of thiophene rings is 1. The minimum absolute atomic E-state index is 0.127. The molecule has 21 heavy (non-hydrogen) atoms. The molecule has 0 saturated carbocycles. The van der Waals surface area contributed by atoms with E-state index in [0.717, 1.165) is 4.88 Å². The summed E-state index contributed by atoms with van der Waals surface area (Å²) in [6, 6.07) is 3.83. The monoisotopic (exact) mass is 308 g/mol.